The van der Waals surface area contributed by atoms with Crippen molar-refractivity contribution in [2.45, 2.75) is 39.7 Å². The zero-order valence-electron chi connectivity index (χ0n) is 15.6. The van der Waals surface area contributed by atoms with Gasteiger partial charge in [-0.05, 0) is 65.9 Å². The SMILES string of the molecule is Cc1cc(C(=O)N2CCCN(C)CC2)c(C)n1CCN1CCCC1. The van der Waals surface area contributed by atoms with E-state index in [0.29, 0.717) is 0 Å². The van der Waals surface area contributed by atoms with Crippen LogP contribution >= 0.6 is 0 Å². The van der Waals surface area contributed by atoms with Crippen LogP contribution < -0.4 is 0 Å². The van der Waals surface area contributed by atoms with Crippen LogP contribution in [0.1, 0.15) is 41.0 Å². The fraction of sp³-hybridized carbons (Fsp3) is 0.737. The third-order valence-electron chi connectivity index (χ3n) is 5.65. The molecule has 3 rings (SSSR count). The first kappa shape index (κ1) is 17.5. The Morgan fingerprint density at radius 2 is 1.71 bits per heavy atom. The maximum atomic E-state index is 13.0. The Balaban J connectivity index is 1.68. The summed E-state index contributed by atoms with van der Waals surface area (Å²) < 4.78 is 2.33. The van der Waals surface area contributed by atoms with Crippen molar-refractivity contribution in [1.82, 2.24) is 19.3 Å². The number of carbonyl (C=O) groups excluding carboxylic acids is 1. The topological polar surface area (TPSA) is 31.7 Å². The molecule has 1 aromatic heterocycles. The maximum Gasteiger partial charge on any atom is 0.255 e. The van der Waals surface area contributed by atoms with Crippen LogP contribution in [0.5, 0.6) is 0 Å². The average molecular weight is 332 g/mol. The molecule has 0 atom stereocenters. The highest BCUT2D eigenvalue weighted by Gasteiger charge is 2.23. The van der Waals surface area contributed by atoms with Crippen molar-refractivity contribution < 1.29 is 4.79 Å². The highest BCUT2D eigenvalue weighted by Crippen LogP contribution is 2.19. The molecule has 0 spiro atoms. The van der Waals surface area contributed by atoms with Crippen LogP contribution in [0.2, 0.25) is 0 Å². The standard InChI is InChI=1S/C19H32N4O/c1-16-15-18(19(24)22-10-6-7-20(3)11-13-22)17(2)23(16)14-12-21-8-4-5-9-21/h15H,4-14H2,1-3H3. The Labute approximate surface area is 146 Å². The minimum Gasteiger partial charge on any atom is -0.347 e. The predicted molar refractivity (Wildman–Crippen MR) is 97.6 cm³/mol. The summed E-state index contributed by atoms with van der Waals surface area (Å²) in [4.78, 5) is 19.9. The van der Waals surface area contributed by atoms with E-state index < -0.39 is 0 Å². The third kappa shape index (κ3) is 3.83. The molecule has 2 aliphatic heterocycles. The molecule has 0 N–H and O–H groups in total. The van der Waals surface area contributed by atoms with E-state index in [4.69, 9.17) is 0 Å². The fourth-order valence-corrected chi connectivity index (χ4v) is 4.03. The minimum atomic E-state index is 0.214. The summed E-state index contributed by atoms with van der Waals surface area (Å²) in [6.07, 6.45) is 3.73. The van der Waals surface area contributed by atoms with Gasteiger partial charge >= 0.3 is 0 Å². The molecule has 0 bridgehead atoms. The number of aryl methyl sites for hydroxylation is 1. The number of amides is 1. The lowest BCUT2D eigenvalue weighted by atomic mass is 10.2. The van der Waals surface area contributed by atoms with Gasteiger partial charge in [0.25, 0.3) is 5.91 Å². The Kier molecular flexibility index (Phi) is 5.61. The Morgan fingerprint density at radius 3 is 2.46 bits per heavy atom. The average Bonchev–Trinajstić information content (AvgIpc) is 3.10. The normalized spacial score (nSPS) is 20.5. The maximum absolute atomic E-state index is 13.0. The zero-order chi connectivity index (χ0) is 17.1. The monoisotopic (exact) mass is 332 g/mol. The second-order valence-corrected chi connectivity index (χ2v) is 7.43. The number of likely N-dealkylation sites (N-methyl/N-ethyl adjacent to an activating group) is 1. The lowest BCUT2D eigenvalue weighted by molar-refractivity contribution is 0.0762. The molecule has 2 fully saturated rings. The van der Waals surface area contributed by atoms with Gasteiger partial charge in [-0.2, -0.15) is 0 Å². The molecule has 0 aliphatic carbocycles. The number of hydrogen-bond acceptors (Lipinski definition) is 3. The lowest BCUT2D eigenvalue weighted by Gasteiger charge is -2.21. The quantitative estimate of drug-likeness (QED) is 0.845. The van der Waals surface area contributed by atoms with Crippen LogP contribution in [-0.4, -0.2) is 78.0 Å². The number of rotatable bonds is 4. The van der Waals surface area contributed by atoms with Gasteiger partial charge in [0.15, 0.2) is 0 Å². The van der Waals surface area contributed by atoms with Crippen molar-refractivity contribution in [3.8, 4) is 0 Å². The van der Waals surface area contributed by atoms with E-state index in [9.17, 15) is 4.79 Å². The van der Waals surface area contributed by atoms with Crippen LogP contribution in [0.3, 0.4) is 0 Å². The summed E-state index contributed by atoms with van der Waals surface area (Å²) >= 11 is 0. The zero-order valence-corrected chi connectivity index (χ0v) is 15.6. The van der Waals surface area contributed by atoms with Crippen molar-refractivity contribution in [2.75, 3.05) is 52.9 Å². The van der Waals surface area contributed by atoms with Gasteiger partial charge < -0.3 is 19.3 Å². The second-order valence-electron chi connectivity index (χ2n) is 7.43. The molecule has 1 aromatic rings. The molecule has 5 nitrogen and oxygen atoms in total. The Bertz CT molecular complexity index is 574. The number of nitrogens with zero attached hydrogens (tertiary/aromatic N) is 4. The molecule has 0 saturated carbocycles. The van der Waals surface area contributed by atoms with Crippen molar-refractivity contribution in [3.05, 3.63) is 23.0 Å². The highest BCUT2D eigenvalue weighted by atomic mass is 16.2. The highest BCUT2D eigenvalue weighted by molar-refractivity contribution is 5.95. The molecule has 134 valence electrons. The van der Waals surface area contributed by atoms with Gasteiger partial charge in [0, 0.05) is 44.1 Å². The summed E-state index contributed by atoms with van der Waals surface area (Å²) in [6, 6.07) is 2.09. The molecule has 3 heterocycles. The van der Waals surface area contributed by atoms with Gasteiger partial charge in [0.05, 0.1) is 5.56 Å². The summed E-state index contributed by atoms with van der Waals surface area (Å²) in [6.45, 7) is 12.6. The molecule has 0 aromatic carbocycles. The van der Waals surface area contributed by atoms with Gasteiger partial charge in [-0.15, -0.1) is 0 Å². The van der Waals surface area contributed by atoms with Crippen molar-refractivity contribution in [3.63, 3.8) is 0 Å². The smallest absolute Gasteiger partial charge is 0.255 e. The molecule has 0 unspecified atom stereocenters. The van der Waals surface area contributed by atoms with E-state index in [-0.39, 0.29) is 5.91 Å². The largest absolute Gasteiger partial charge is 0.347 e. The Morgan fingerprint density at radius 1 is 0.958 bits per heavy atom. The molecule has 1 amide bonds. The molecular weight excluding hydrogens is 300 g/mol. The first-order valence-corrected chi connectivity index (χ1v) is 9.43. The third-order valence-corrected chi connectivity index (χ3v) is 5.65. The van der Waals surface area contributed by atoms with Crippen LogP contribution in [0, 0.1) is 13.8 Å². The van der Waals surface area contributed by atoms with E-state index >= 15 is 0 Å². The van der Waals surface area contributed by atoms with Gasteiger partial charge in [0.2, 0.25) is 0 Å². The lowest BCUT2D eigenvalue weighted by Crippen LogP contribution is -2.34. The van der Waals surface area contributed by atoms with Gasteiger partial charge in [-0.1, -0.05) is 0 Å². The summed E-state index contributed by atoms with van der Waals surface area (Å²) in [5, 5.41) is 0. The van der Waals surface area contributed by atoms with Crippen molar-refractivity contribution in [1.29, 1.82) is 0 Å². The van der Waals surface area contributed by atoms with Crippen molar-refractivity contribution >= 4 is 5.91 Å². The Hall–Kier alpha value is -1.33. The predicted octanol–water partition coefficient (Wildman–Crippen LogP) is 1.98. The summed E-state index contributed by atoms with van der Waals surface area (Å²) in [5.41, 5.74) is 3.25. The molecule has 2 aliphatic rings. The van der Waals surface area contributed by atoms with Gasteiger partial charge in [-0.25, -0.2) is 0 Å². The molecule has 0 radical (unpaired) electrons. The van der Waals surface area contributed by atoms with E-state index in [1.807, 2.05) is 4.90 Å². The van der Waals surface area contributed by atoms with Crippen LogP contribution in [-0.2, 0) is 6.54 Å². The molecular formula is C19H32N4O. The molecule has 2 saturated heterocycles. The van der Waals surface area contributed by atoms with E-state index in [0.717, 1.165) is 56.9 Å². The van der Waals surface area contributed by atoms with Gasteiger partial charge in [0.1, 0.15) is 0 Å². The first-order valence-electron chi connectivity index (χ1n) is 9.43. The minimum absolute atomic E-state index is 0.214. The molecule has 5 heteroatoms. The molecule has 24 heavy (non-hydrogen) atoms. The van der Waals surface area contributed by atoms with E-state index in [1.165, 1.54) is 31.6 Å². The van der Waals surface area contributed by atoms with Crippen LogP contribution in [0.25, 0.3) is 0 Å². The summed E-state index contributed by atoms with van der Waals surface area (Å²) in [5.74, 6) is 0.214. The number of hydrogen-bond donors (Lipinski definition) is 0. The number of likely N-dealkylation sites (tertiary alicyclic amines) is 1. The van der Waals surface area contributed by atoms with Crippen LogP contribution in [0.15, 0.2) is 6.07 Å². The fourth-order valence-electron chi connectivity index (χ4n) is 4.03. The first-order chi connectivity index (χ1) is 11.6. The van der Waals surface area contributed by atoms with Crippen LogP contribution in [0.4, 0.5) is 0 Å². The second kappa shape index (κ2) is 7.70. The number of aromatic nitrogens is 1. The van der Waals surface area contributed by atoms with E-state index in [1.54, 1.807) is 0 Å². The van der Waals surface area contributed by atoms with E-state index in [2.05, 4.69) is 41.3 Å². The number of carbonyl (C=O) groups is 1. The summed E-state index contributed by atoms with van der Waals surface area (Å²) in [7, 11) is 2.14. The van der Waals surface area contributed by atoms with Gasteiger partial charge in [-0.3, -0.25) is 4.79 Å². The van der Waals surface area contributed by atoms with Crippen molar-refractivity contribution in [2.24, 2.45) is 0 Å².